The van der Waals surface area contributed by atoms with Crippen LogP contribution in [0, 0.1) is 0 Å². The fourth-order valence-electron chi connectivity index (χ4n) is 2.31. The number of carbonyl (C=O) groups excluding carboxylic acids is 1. The number of ether oxygens (including phenoxy) is 1. The molecule has 0 unspecified atom stereocenters. The summed E-state index contributed by atoms with van der Waals surface area (Å²) in [4.78, 5) is 25.4. The maximum atomic E-state index is 12.1. The fraction of sp³-hybridized carbons (Fsp3) is 0.294. The second kappa shape index (κ2) is 7.33. The van der Waals surface area contributed by atoms with Crippen LogP contribution in [0.15, 0.2) is 33.5 Å². The van der Waals surface area contributed by atoms with Crippen LogP contribution in [0.25, 0.3) is 17.0 Å². The lowest BCUT2D eigenvalue weighted by Gasteiger charge is -2.21. The number of methoxy groups -OCH3 is 1. The van der Waals surface area contributed by atoms with Crippen molar-refractivity contribution in [2.45, 2.75) is 13.8 Å². The number of hydrogen-bond acceptors (Lipinski definition) is 5. The Balaban J connectivity index is 2.56. The van der Waals surface area contributed by atoms with E-state index in [2.05, 4.69) is 23.5 Å². The molecule has 6 heteroatoms. The quantitative estimate of drug-likeness (QED) is 0.475. The Morgan fingerprint density at radius 2 is 2.04 bits per heavy atom. The van der Waals surface area contributed by atoms with Gasteiger partial charge in [-0.15, -0.1) is 0 Å². The van der Waals surface area contributed by atoms with E-state index in [1.54, 1.807) is 6.07 Å². The zero-order chi connectivity index (χ0) is 17.0. The van der Waals surface area contributed by atoms with Gasteiger partial charge in [-0.2, -0.15) is 0 Å². The molecule has 1 aromatic carbocycles. The average Bonchev–Trinajstić information content (AvgIpc) is 2.55. The van der Waals surface area contributed by atoms with Gasteiger partial charge in [-0.25, -0.2) is 9.59 Å². The first-order valence-electron chi connectivity index (χ1n) is 7.29. The van der Waals surface area contributed by atoms with Crippen molar-refractivity contribution < 1.29 is 13.9 Å². The van der Waals surface area contributed by atoms with Crippen molar-refractivity contribution in [2.75, 3.05) is 25.1 Å². The molecule has 0 N–H and O–H groups in total. The summed E-state index contributed by atoms with van der Waals surface area (Å²) in [5, 5.41) is 0.870. The van der Waals surface area contributed by atoms with E-state index in [-0.39, 0.29) is 10.6 Å². The Bertz CT molecular complexity index is 806. The van der Waals surface area contributed by atoms with Crippen molar-refractivity contribution in [3.63, 3.8) is 0 Å². The Labute approximate surface area is 139 Å². The predicted octanol–water partition coefficient (Wildman–Crippen LogP) is 3.48. The minimum atomic E-state index is -0.598. The summed E-state index contributed by atoms with van der Waals surface area (Å²) in [6, 6.07) is 5.53. The van der Waals surface area contributed by atoms with Crippen molar-refractivity contribution in [3.8, 4) is 0 Å². The Kier molecular flexibility index (Phi) is 5.45. The first-order valence-corrected chi connectivity index (χ1v) is 7.66. The fourth-order valence-corrected chi connectivity index (χ4v) is 2.61. The minimum Gasteiger partial charge on any atom is -0.466 e. The lowest BCUT2D eigenvalue weighted by Crippen LogP contribution is -2.21. The van der Waals surface area contributed by atoms with E-state index in [4.69, 9.17) is 16.0 Å². The van der Waals surface area contributed by atoms with Gasteiger partial charge in [0.15, 0.2) is 0 Å². The molecule has 0 bridgehead atoms. The zero-order valence-electron chi connectivity index (χ0n) is 13.3. The molecular weight excluding hydrogens is 318 g/mol. The van der Waals surface area contributed by atoms with Gasteiger partial charge in [-0.3, -0.25) is 0 Å². The van der Waals surface area contributed by atoms with Crippen LogP contribution in [0.2, 0.25) is 5.02 Å². The van der Waals surface area contributed by atoms with E-state index in [1.807, 2.05) is 12.1 Å². The average molecular weight is 336 g/mol. The SMILES string of the molecule is CCN(CC)c1ccc2c(Cl)c(C=CC(=O)OC)c(=O)oc2c1. The number of benzene rings is 1. The molecule has 2 aromatic rings. The van der Waals surface area contributed by atoms with Gasteiger partial charge >= 0.3 is 11.6 Å². The number of rotatable bonds is 5. The lowest BCUT2D eigenvalue weighted by molar-refractivity contribution is -0.134. The Hall–Kier alpha value is -2.27. The summed E-state index contributed by atoms with van der Waals surface area (Å²) in [6.07, 6.45) is 2.44. The molecule has 2 rings (SSSR count). The van der Waals surface area contributed by atoms with Crippen LogP contribution in [0.4, 0.5) is 5.69 Å². The van der Waals surface area contributed by atoms with Crippen LogP contribution in [0.3, 0.4) is 0 Å². The first-order chi connectivity index (χ1) is 11.0. The highest BCUT2D eigenvalue weighted by molar-refractivity contribution is 6.36. The molecule has 0 atom stereocenters. The minimum absolute atomic E-state index is 0.125. The zero-order valence-corrected chi connectivity index (χ0v) is 14.0. The second-order valence-electron chi connectivity index (χ2n) is 4.83. The molecule has 0 saturated carbocycles. The first kappa shape index (κ1) is 17.1. The van der Waals surface area contributed by atoms with E-state index in [0.29, 0.717) is 11.0 Å². The Morgan fingerprint density at radius 1 is 1.35 bits per heavy atom. The Morgan fingerprint density at radius 3 is 2.65 bits per heavy atom. The number of fused-ring (bicyclic) bond motifs is 1. The van der Waals surface area contributed by atoms with Crippen LogP contribution in [-0.4, -0.2) is 26.2 Å². The van der Waals surface area contributed by atoms with Gasteiger partial charge in [-0.1, -0.05) is 11.6 Å². The predicted molar refractivity (Wildman–Crippen MR) is 92.1 cm³/mol. The molecule has 0 spiro atoms. The maximum Gasteiger partial charge on any atom is 0.345 e. The largest absolute Gasteiger partial charge is 0.466 e. The number of nitrogens with zero attached hydrogens (tertiary/aromatic N) is 1. The molecule has 0 amide bonds. The highest BCUT2D eigenvalue weighted by Gasteiger charge is 2.13. The van der Waals surface area contributed by atoms with Gasteiger partial charge in [0, 0.05) is 36.3 Å². The molecule has 0 radical (unpaired) electrons. The van der Waals surface area contributed by atoms with Crippen LogP contribution >= 0.6 is 11.6 Å². The van der Waals surface area contributed by atoms with E-state index < -0.39 is 11.6 Å². The number of anilines is 1. The van der Waals surface area contributed by atoms with Gasteiger partial charge in [0.2, 0.25) is 0 Å². The van der Waals surface area contributed by atoms with E-state index in [0.717, 1.165) is 24.9 Å². The summed E-state index contributed by atoms with van der Waals surface area (Å²) >= 11 is 6.30. The summed E-state index contributed by atoms with van der Waals surface area (Å²) in [6.45, 7) is 5.80. The smallest absolute Gasteiger partial charge is 0.345 e. The molecule has 23 heavy (non-hydrogen) atoms. The number of hydrogen-bond donors (Lipinski definition) is 0. The van der Waals surface area contributed by atoms with Crippen molar-refractivity contribution in [1.82, 2.24) is 0 Å². The summed E-state index contributed by atoms with van der Waals surface area (Å²) in [5.41, 5.74) is 0.902. The number of halogens is 1. The third-order valence-electron chi connectivity index (χ3n) is 3.58. The molecule has 0 saturated heterocycles. The standard InChI is InChI=1S/C17H18ClNO4/c1-4-19(5-2)11-6-7-12-14(10-11)23-17(21)13(16(12)18)8-9-15(20)22-3/h6-10H,4-5H2,1-3H3. The van der Waals surface area contributed by atoms with Crippen molar-refractivity contribution in [1.29, 1.82) is 0 Å². The van der Waals surface area contributed by atoms with Crippen LogP contribution < -0.4 is 10.5 Å². The summed E-state index contributed by atoms with van der Waals surface area (Å²) in [7, 11) is 1.26. The molecule has 0 fully saturated rings. The van der Waals surface area contributed by atoms with Gasteiger partial charge in [0.25, 0.3) is 0 Å². The van der Waals surface area contributed by atoms with Gasteiger partial charge < -0.3 is 14.1 Å². The summed E-state index contributed by atoms with van der Waals surface area (Å²) < 4.78 is 9.85. The van der Waals surface area contributed by atoms with Crippen molar-refractivity contribution in [3.05, 3.63) is 45.3 Å². The van der Waals surface area contributed by atoms with Gasteiger partial charge in [0.05, 0.1) is 17.7 Å². The van der Waals surface area contributed by atoms with Crippen LogP contribution in [0.5, 0.6) is 0 Å². The molecule has 1 heterocycles. The maximum absolute atomic E-state index is 12.1. The lowest BCUT2D eigenvalue weighted by atomic mass is 10.1. The molecule has 0 aliphatic carbocycles. The van der Waals surface area contributed by atoms with Crippen molar-refractivity contribution in [2.24, 2.45) is 0 Å². The monoisotopic (exact) mass is 335 g/mol. The van der Waals surface area contributed by atoms with E-state index >= 15 is 0 Å². The van der Waals surface area contributed by atoms with Crippen LogP contribution in [0.1, 0.15) is 19.4 Å². The number of esters is 1. The molecular formula is C17H18ClNO4. The van der Waals surface area contributed by atoms with E-state index in [1.165, 1.54) is 13.2 Å². The van der Waals surface area contributed by atoms with Gasteiger partial charge in [0.1, 0.15) is 5.58 Å². The topological polar surface area (TPSA) is 59.8 Å². The molecule has 0 aliphatic heterocycles. The highest BCUT2D eigenvalue weighted by Crippen LogP contribution is 2.29. The second-order valence-corrected chi connectivity index (χ2v) is 5.20. The van der Waals surface area contributed by atoms with E-state index in [9.17, 15) is 9.59 Å². The molecule has 0 aliphatic rings. The van der Waals surface area contributed by atoms with Gasteiger partial charge in [-0.05, 0) is 32.1 Å². The van der Waals surface area contributed by atoms with Crippen LogP contribution in [-0.2, 0) is 9.53 Å². The normalized spacial score (nSPS) is 11.1. The molecule has 5 nitrogen and oxygen atoms in total. The molecule has 1 aromatic heterocycles. The number of carbonyl (C=O) groups is 1. The third kappa shape index (κ3) is 3.56. The third-order valence-corrected chi connectivity index (χ3v) is 3.98. The van der Waals surface area contributed by atoms with Crippen molar-refractivity contribution >= 4 is 40.3 Å². The summed E-state index contributed by atoms with van der Waals surface area (Å²) in [5.74, 6) is -0.572. The molecule has 122 valence electrons. The highest BCUT2D eigenvalue weighted by atomic mass is 35.5.